The Morgan fingerprint density at radius 2 is 2.00 bits per heavy atom. The molecule has 1 aromatic rings. The normalized spacial score (nSPS) is 16.9. The van der Waals surface area contributed by atoms with Crippen LogP contribution in [0.5, 0.6) is 0 Å². The number of nitrogens with zero attached hydrogens (tertiary/aromatic N) is 1. The Hall–Kier alpha value is -1.24. The van der Waals surface area contributed by atoms with E-state index in [1.165, 1.54) is 0 Å². The highest BCUT2D eigenvalue weighted by Gasteiger charge is 2.17. The van der Waals surface area contributed by atoms with E-state index in [1.807, 2.05) is 54.8 Å². The van der Waals surface area contributed by atoms with Gasteiger partial charge in [0.2, 0.25) is 11.8 Å². The Kier molecular flexibility index (Phi) is 9.32. The van der Waals surface area contributed by atoms with Crippen LogP contribution in [0.2, 0.25) is 0 Å². The average Bonchev–Trinajstić information content (AvgIpc) is 2.54. The summed E-state index contributed by atoms with van der Waals surface area (Å²) >= 11 is 1.89. The molecule has 2 N–H and O–H groups in total. The summed E-state index contributed by atoms with van der Waals surface area (Å²) in [6.45, 7) is 7.16. The van der Waals surface area contributed by atoms with E-state index in [9.17, 15) is 9.59 Å². The molecule has 1 aliphatic rings. The van der Waals surface area contributed by atoms with Gasteiger partial charge in [-0.25, -0.2) is 0 Å². The molecule has 1 heterocycles. The van der Waals surface area contributed by atoms with E-state index >= 15 is 0 Å². The zero-order chi connectivity index (χ0) is 17.5. The number of amides is 2. The molecule has 25 heavy (non-hydrogen) atoms. The summed E-state index contributed by atoms with van der Waals surface area (Å²) < 4.78 is 0. The van der Waals surface area contributed by atoms with Crippen LogP contribution in [-0.2, 0) is 16.1 Å². The van der Waals surface area contributed by atoms with Gasteiger partial charge < -0.3 is 15.5 Å². The molecule has 7 heteroatoms. The van der Waals surface area contributed by atoms with Crippen molar-refractivity contribution in [2.24, 2.45) is 0 Å². The molecule has 2 amide bonds. The van der Waals surface area contributed by atoms with E-state index < -0.39 is 0 Å². The summed E-state index contributed by atoms with van der Waals surface area (Å²) in [4.78, 5) is 25.6. The third-order valence-electron chi connectivity index (χ3n) is 4.05. The summed E-state index contributed by atoms with van der Waals surface area (Å²) in [6.07, 6.45) is 0.500. The van der Waals surface area contributed by atoms with Gasteiger partial charge >= 0.3 is 0 Å². The second-order valence-electron chi connectivity index (χ2n) is 6.42. The molecular weight excluding hydrogens is 358 g/mol. The van der Waals surface area contributed by atoms with Gasteiger partial charge in [-0.3, -0.25) is 9.59 Å². The third-order valence-corrected chi connectivity index (χ3v) is 5.18. The van der Waals surface area contributed by atoms with Crippen LogP contribution in [0.1, 0.15) is 32.8 Å². The molecule has 0 aromatic heterocycles. The van der Waals surface area contributed by atoms with Crippen molar-refractivity contribution in [2.75, 3.05) is 23.4 Å². The predicted molar refractivity (Wildman–Crippen MR) is 107 cm³/mol. The van der Waals surface area contributed by atoms with Gasteiger partial charge in [-0.15, -0.1) is 12.4 Å². The molecule has 1 aromatic carbocycles. The van der Waals surface area contributed by atoms with E-state index in [4.69, 9.17) is 0 Å². The smallest absolute Gasteiger partial charge is 0.225 e. The molecule has 0 aliphatic carbocycles. The van der Waals surface area contributed by atoms with E-state index in [0.29, 0.717) is 13.0 Å². The van der Waals surface area contributed by atoms with Gasteiger partial charge in [-0.05, 0) is 31.5 Å². The minimum absolute atomic E-state index is 0. The van der Waals surface area contributed by atoms with Crippen LogP contribution in [0.4, 0.5) is 5.69 Å². The monoisotopic (exact) mass is 385 g/mol. The molecule has 0 radical (unpaired) electrons. The third kappa shape index (κ3) is 7.26. The fourth-order valence-electron chi connectivity index (χ4n) is 2.73. The summed E-state index contributed by atoms with van der Waals surface area (Å²) in [5, 5.41) is 6.32. The van der Waals surface area contributed by atoms with Crippen molar-refractivity contribution in [3.63, 3.8) is 0 Å². The number of halogens is 1. The molecule has 1 aliphatic heterocycles. The highest BCUT2D eigenvalue weighted by Crippen LogP contribution is 2.15. The Morgan fingerprint density at radius 1 is 1.32 bits per heavy atom. The first-order valence-electron chi connectivity index (χ1n) is 8.43. The van der Waals surface area contributed by atoms with Crippen molar-refractivity contribution in [1.82, 2.24) is 10.2 Å². The molecule has 1 saturated heterocycles. The van der Waals surface area contributed by atoms with Crippen molar-refractivity contribution in [3.8, 4) is 0 Å². The van der Waals surface area contributed by atoms with Gasteiger partial charge in [0.05, 0.1) is 0 Å². The van der Waals surface area contributed by atoms with E-state index in [2.05, 4.69) is 10.6 Å². The zero-order valence-corrected chi connectivity index (χ0v) is 16.7. The lowest BCUT2D eigenvalue weighted by molar-refractivity contribution is -0.131. The number of thioether (sulfide) groups is 1. The highest BCUT2D eigenvalue weighted by molar-refractivity contribution is 7.99. The van der Waals surface area contributed by atoms with Crippen LogP contribution in [0.3, 0.4) is 0 Å². The first kappa shape index (κ1) is 21.8. The molecule has 0 bridgehead atoms. The quantitative estimate of drug-likeness (QED) is 0.790. The second-order valence-corrected chi connectivity index (χ2v) is 7.57. The summed E-state index contributed by atoms with van der Waals surface area (Å²) in [5.74, 6) is 2.21. The van der Waals surface area contributed by atoms with Gasteiger partial charge in [-0.2, -0.15) is 11.8 Å². The number of hydrogen-bond donors (Lipinski definition) is 2. The van der Waals surface area contributed by atoms with Crippen LogP contribution in [-0.4, -0.2) is 46.8 Å². The topological polar surface area (TPSA) is 61.4 Å². The lowest BCUT2D eigenvalue weighted by Crippen LogP contribution is -2.39. The van der Waals surface area contributed by atoms with Gasteiger partial charge in [-0.1, -0.05) is 12.1 Å². The summed E-state index contributed by atoms with van der Waals surface area (Å²) in [5.41, 5.74) is 1.85. The largest absolute Gasteiger partial charge is 0.336 e. The first-order chi connectivity index (χ1) is 11.5. The number of carbonyl (C=O) groups is 2. The fourth-order valence-corrected chi connectivity index (χ4v) is 3.68. The SMILES string of the molecule is CC(=O)N(Cc1ccc(NC(=O)CC2CSCCN2)cc1)C(C)C.Cl. The number of hydrogen-bond acceptors (Lipinski definition) is 4. The highest BCUT2D eigenvalue weighted by atomic mass is 35.5. The maximum absolute atomic E-state index is 12.1. The number of nitrogens with one attached hydrogen (secondary N) is 2. The average molecular weight is 386 g/mol. The Bertz CT molecular complexity index is 560. The molecular formula is C18H28ClN3O2S. The molecule has 2 rings (SSSR count). The van der Waals surface area contributed by atoms with Gasteiger partial charge in [0.25, 0.3) is 0 Å². The maximum atomic E-state index is 12.1. The number of anilines is 1. The minimum atomic E-state index is 0. The van der Waals surface area contributed by atoms with Gasteiger partial charge in [0.15, 0.2) is 0 Å². The zero-order valence-electron chi connectivity index (χ0n) is 15.1. The fraction of sp³-hybridized carbons (Fsp3) is 0.556. The second kappa shape index (κ2) is 10.7. The van der Waals surface area contributed by atoms with E-state index in [1.54, 1.807) is 6.92 Å². The molecule has 1 fully saturated rings. The van der Waals surface area contributed by atoms with Crippen molar-refractivity contribution < 1.29 is 9.59 Å². The van der Waals surface area contributed by atoms with Gasteiger partial charge in [0, 0.05) is 55.7 Å². The number of benzene rings is 1. The molecule has 1 atom stereocenters. The van der Waals surface area contributed by atoms with Crippen molar-refractivity contribution >= 4 is 41.7 Å². The van der Waals surface area contributed by atoms with E-state index in [0.717, 1.165) is 29.3 Å². The van der Waals surface area contributed by atoms with Crippen LogP contribution in [0, 0.1) is 0 Å². The number of rotatable bonds is 6. The molecule has 1 unspecified atom stereocenters. The Labute approximate surface area is 160 Å². The summed E-state index contributed by atoms with van der Waals surface area (Å²) in [6, 6.07) is 8.15. The standard InChI is InChI=1S/C18H27N3O2S.ClH/c1-13(2)21(14(3)22)11-15-4-6-16(7-5-15)20-18(23)10-17-12-24-9-8-19-17;/h4-7,13,17,19H,8-12H2,1-3H3,(H,20,23);1H. The minimum Gasteiger partial charge on any atom is -0.336 e. The summed E-state index contributed by atoms with van der Waals surface area (Å²) in [7, 11) is 0. The van der Waals surface area contributed by atoms with Crippen molar-refractivity contribution in [3.05, 3.63) is 29.8 Å². The lowest BCUT2D eigenvalue weighted by atomic mass is 10.1. The predicted octanol–water partition coefficient (Wildman–Crippen LogP) is 2.90. The van der Waals surface area contributed by atoms with Crippen LogP contribution < -0.4 is 10.6 Å². The first-order valence-corrected chi connectivity index (χ1v) is 9.58. The number of carbonyl (C=O) groups excluding carboxylic acids is 2. The van der Waals surface area contributed by atoms with Gasteiger partial charge in [0.1, 0.15) is 0 Å². The van der Waals surface area contributed by atoms with Crippen molar-refractivity contribution in [2.45, 2.75) is 45.8 Å². The molecule has 140 valence electrons. The maximum Gasteiger partial charge on any atom is 0.225 e. The molecule has 5 nitrogen and oxygen atoms in total. The molecule has 0 saturated carbocycles. The van der Waals surface area contributed by atoms with E-state index in [-0.39, 0.29) is 36.3 Å². The van der Waals surface area contributed by atoms with Crippen LogP contribution in [0.25, 0.3) is 0 Å². The Morgan fingerprint density at radius 3 is 2.52 bits per heavy atom. The van der Waals surface area contributed by atoms with Crippen LogP contribution >= 0.6 is 24.2 Å². The Balaban J connectivity index is 0.00000312. The van der Waals surface area contributed by atoms with Crippen molar-refractivity contribution in [1.29, 1.82) is 0 Å². The van der Waals surface area contributed by atoms with Crippen LogP contribution in [0.15, 0.2) is 24.3 Å². The molecule has 0 spiro atoms. The lowest BCUT2D eigenvalue weighted by Gasteiger charge is -2.25.